The van der Waals surface area contributed by atoms with Crippen molar-refractivity contribution in [2.45, 2.75) is 24.6 Å². The van der Waals surface area contributed by atoms with Crippen molar-refractivity contribution in [3.63, 3.8) is 0 Å². The molecule has 3 aliphatic rings. The molecule has 0 amide bonds. The van der Waals surface area contributed by atoms with Crippen molar-refractivity contribution in [1.82, 2.24) is 9.55 Å². The number of rotatable bonds is 0. The number of hydrogen-bond donors (Lipinski definition) is 0. The van der Waals surface area contributed by atoms with E-state index in [0.717, 1.165) is 6.42 Å². The molecule has 2 atom stereocenters. The summed E-state index contributed by atoms with van der Waals surface area (Å²) in [4.78, 5) is 17.1. The number of nitrogens with zero attached hydrogens (tertiary/aromatic N) is 3. The minimum absolute atomic E-state index is 0.144. The van der Waals surface area contributed by atoms with Crippen LogP contribution in [0.25, 0.3) is 0 Å². The minimum Gasteiger partial charge on any atom is -0.374 e. The van der Waals surface area contributed by atoms with Crippen LogP contribution >= 0.6 is 11.6 Å². The fourth-order valence-electron chi connectivity index (χ4n) is 3.22. The van der Waals surface area contributed by atoms with Crippen LogP contribution < -0.4 is 10.6 Å². The number of anilines is 1. The zero-order valence-electron chi connectivity index (χ0n) is 8.82. The van der Waals surface area contributed by atoms with Crippen molar-refractivity contribution >= 4 is 17.4 Å². The van der Waals surface area contributed by atoms with Gasteiger partial charge in [-0.1, -0.05) is 11.6 Å². The molecule has 3 aliphatic heterocycles. The van der Waals surface area contributed by atoms with E-state index in [9.17, 15) is 9.18 Å². The third-order valence-corrected chi connectivity index (χ3v) is 4.17. The Morgan fingerprint density at radius 2 is 2.41 bits per heavy atom. The molecular formula is C10H9ClFN3O2. The lowest BCUT2D eigenvalue weighted by molar-refractivity contribution is 0.0855. The fraction of sp³-hybridized carbons (Fsp3) is 0.600. The first-order chi connectivity index (χ1) is 8.11. The third-order valence-electron chi connectivity index (χ3n) is 3.92. The van der Waals surface area contributed by atoms with E-state index in [2.05, 4.69) is 4.98 Å². The van der Waals surface area contributed by atoms with E-state index in [4.69, 9.17) is 16.3 Å². The number of aromatic nitrogens is 2. The molecule has 5 nitrogen and oxygen atoms in total. The molecule has 2 bridgehead atoms. The Labute approximate surface area is 101 Å². The van der Waals surface area contributed by atoms with Gasteiger partial charge in [0, 0.05) is 13.0 Å². The van der Waals surface area contributed by atoms with Gasteiger partial charge in [0.1, 0.15) is 0 Å². The molecule has 0 radical (unpaired) electrons. The normalized spacial score (nSPS) is 33.1. The van der Waals surface area contributed by atoms with Gasteiger partial charge in [0.15, 0.2) is 11.0 Å². The van der Waals surface area contributed by atoms with Crippen molar-refractivity contribution in [2.24, 2.45) is 0 Å². The van der Waals surface area contributed by atoms with Crippen molar-refractivity contribution < 1.29 is 9.13 Å². The summed E-state index contributed by atoms with van der Waals surface area (Å²) >= 11 is 5.63. The summed E-state index contributed by atoms with van der Waals surface area (Å²) < 4.78 is 20.9. The van der Waals surface area contributed by atoms with Crippen LogP contribution in [0.5, 0.6) is 0 Å². The highest BCUT2D eigenvalue weighted by molar-refractivity contribution is 6.29. The summed E-state index contributed by atoms with van der Waals surface area (Å²) in [7, 11) is 0. The predicted octanol–water partition coefficient (Wildman–Crippen LogP) is 0.397. The van der Waals surface area contributed by atoms with Gasteiger partial charge in [-0.2, -0.15) is 9.37 Å². The van der Waals surface area contributed by atoms with Crippen LogP contribution in [-0.4, -0.2) is 34.3 Å². The lowest BCUT2D eigenvalue weighted by Gasteiger charge is -2.32. The lowest BCUT2D eigenvalue weighted by atomic mass is 10.0. The second-order valence-electron chi connectivity index (χ2n) is 4.88. The Hall–Kier alpha value is -1.14. The van der Waals surface area contributed by atoms with Gasteiger partial charge in [0.2, 0.25) is 5.82 Å². The molecule has 1 aromatic rings. The number of fused-ring (bicyclic) bond motifs is 3. The van der Waals surface area contributed by atoms with E-state index in [1.807, 2.05) is 4.90 Å². The van der Waals surface area contributed by atoms with E-state index in [0.29, 0.717) is 19.7 Å². The maximum Gasteiger partial charge on any atom is 0.350 e. The largest absolute Gasteiger partial charge is 0.374 e. The van der Waals surface area contributed by atoms with Crippen LogP contribution in [0.15, 0.2) is 4.79 Å². The monoisotopic (exact) mass is 257 g/mol. The topological polar surface area (TPSA) is 47.4 Å². The molecule has 4 rings (SSSR count). The van der Waals surface area contributed by atoms with Crippen LogP contribution in [0, 0.1) is 5.82 Å². The summed E-state index contributed by atoms with van der Waals surface area (Å²) in [6.45, 7) is 1.60. The van der Waals surface area contributed by atoms with E-state index >= 15 is 0 Å². The smallest absolute Gasteiger partial charge is 0.350 e. The zero-order valence-corrected chi connectivity index (χ0v) is 9.58. The van der Waals surface area contributed by atoms with Crippen LogP contribution in [0.1, 0.15) is 6.42 Å². The predicted molar refractivity (Wildman–Crippen MR) is 57.9 cm³/mol. The Morgan fingerprint density at radius 3 is 3.18 bits per heavy atom. The highest BCUT2D eigenvalue weighted by atomic mass is 35.5. The number of ether oxygens (including phenoxy) is 1. The van der Waals surface area contributed by atoms with Gasteiger partial charge in [-0.3, -0.25) is 4.57 Å². The Balaban J connectivity index is 1.98. The van der Waals surface area contributed by atoms with Crippen molar-refractivity contribution in [3.8, 4) is 0 Å². The van der Waals surface area contributed by atoms with Crippen LogP contribution in [0.2, 0.25) is 5.15 Å². The van der Waals surface area contributed by atoms with Gasteiger partial charge in [-0.15, -0.1) is 0 Å². The molecule has 1 spiro atoms. The molecule has 0 N–H and O–H groups in total. The highest BCUT2D eigenvalue weighted by Crippen LogP contribution is 2.47. The second kappa shape index (κ2) is 2.81. The summed E-state index contributed by atoms with van der Waals surface area (Å²) in [5, 5.41) is -0.345. The van der Waals surface area contributed by atoms with Crippen LogP contribution in [-0.2, 0) is 11.3 Å². The molecule has 0 saturated carbocycles. The van der Waals surface area contributed by atoms with E-state index in [-0.39, 0.29) is 22.6 Å². The van der Waals surface area contributed by atoms with Gasteiger partial charge in [-0.25, -0.2) is 4.79 Å². The maximum atomic E-state index is 14.0. The first-order valence-electron chi connectivity index (χ1n) is 5.46. The van der Waals surface area contributed by atoms with Gasteiger partial charge in [0.25, 0.3) is 0 Å². The maximum absolute atomic E-state index is 14.0. The van der Waals surface area contributed by atoms with Crippen molar-refractivity contribution in [3.05, 3.63) is 21.5 Å². The van der Waals surface area contributed by atoms with E-state index < -0.39 is 11.5 Å². The van der Waals surface area contributed by atoms with Crippen LogP contribution in [0.4, 0.5) is 10.2 Å². The molecular weight excluding hydrogens is 249 g/mol. The Morgan fingerprint density at radius 1 is 1.59 bits per heavy atom. The summed E-state index contributed by atoms with van der Waals surface area (Å²) in [6, 6.07) is 0. The fourth-order valence-corrected chi connectivity index (χ4v) is 3.38. The second-order valence-corrected chi connectivity index (χ2v) is 5.24. The first kappa shape index (κ1) is 9.85. The molecule has 2 fully saturated rings. The van der Waals surface area contributed by atoms with Gasteiger partial charge >= 0.3 is 5.69 Å². The SMILES string of the molecule is O=c1nc(Cl)c(F)c2n1C[C@]13CO[C@H](CN21)C3. The van der Waals surface area contributed by atoms with Gasteiger partial charge in [0.05, 0.1) is 24.8 Å². The minimum atomic E-state index is -0.601. The Bertz CT molecular complexity index is 590. The standard InChI is InChI=1S/C10H9ClFN3O2/c11-7-6(12)8-14(9(16)13-7)3-10-1-5(17-4-10)2-15(8)10/h5H,1-4H2/t5-,10+/m0/s1. The molecule has 90 valence electrons. The van der Waals surface area contributed by atoms with E-state index in [1.54, 1.807) is 0 Å². The molecule has 2 saturated heterocycles. The summed E-state index contributed by atoms with van der Waals surface area (Å²) in [5.74, 6) is -0.323. The molecule has 17 heavy (non-hydrogen) atoms. The average Bonchev–Trinajstić information content (AvgIpc) is 2.91. The molecule has 0 aromatic carbocycles. The molecule has 4 heterocycles. The number of morpholine rings is 1. The number of hydrogen-bond acceptors (Lipinski definition) is 4. The lowest BCUT2D eigenvalue weighted by Crippen LogP contribution is -2.46. The van der Waals surface area contributed by atoms with Crippen molar-refractivity contribution in [2.75, 3.05) is 18.1 Å². The van der Waals surface area contributed by atoms with Gasteiger partial charge in [-0.05, 0) is 0 Å². The van der Waals surface area contributed by atoms with Crippen molar-refractivity contribution in [1.29, 1.82) is 0 Å². The first-order valence-corrected chi connectivity index (χ1v) is 5.84. The molecule has 7 heteroatoms. The summed E-state index contributed by atoms with van der Waals surface area (Å²) in [6.07, 6.45) is 0.982. The van der Waals surface area contributed by atoms with Gasteiger partial charge < -0.3 is 9.64 Å². The third kappa shape index (κ3) is 1.03. The molecule has 1 aromatic heterocycles. The quantitative estimate of drug-likeness (QED) is 0.631. The summed E-state index contributed by atoms with van der Waals surface area (Å²) in [5.41, 5.74) is -0.747. The molecule has 0 aliphatic carbocycles. The van der Waals surface area contributed by atoms with Crippen LogP contribution in [0.3, 0.4) is 0 Å². The highest BCUT2D eigenvalue weighted by Gasteiger charge is 2.57. The molecule has 0 unspecified atom stereocenters. The van der Waals surface area contributed by atoms with E-state index in [1.165, 1.54) is 4.57 Å². The number of halogens is 2. The average molecular weight is 258 g/mol. The Kier molecular flexibility index (Phi) is 1.63. The zero-order chi connectivity index (χ0) is 11.8.